The summed E-state index contributed by atoms with van der Waals surface area (Å²) in [5.74, 6) is 0.768. The van der Waals surface area contributed by atoms with Crippen LogP contribution in [0.1, 0.15) is 24.4 Å². The van der Waals surface area contributed by atoms with Crippen molar-refractivity contribution in [2.45, 2.75) is 19.5 Å². The Hall–Kier alpha value is -3.67. The lowest BCUT2D eigenvalue weighted by Crippen LogP contribution is -2.32. The molecule has 0 saturated carbocycles. The molecule has 4 aromatic rings. The summed E-state index contributed by atoms with van der Waals surface area (Å²) in [4.78, 5) is 17.1. The van der Waals surface area contributed by atoms with E-state index in [1.807, 2.05) is 60.0 Å². The molecular formula is C24H22FN3O2. The van der Waals surface area contributed by atoms with Crippen LogP contribution in [0.15, 0.2) is 78.9 Å². The van der Waals surface area contributed by atoms with Crippen molar-refractivity contribution < 1.29 is 13.9 Å². The first kappa shape index (κ1) is 19.6. The Morgan fingerprint density at radius 1 is 1.03 bits per heavy atom. The lowest BCUT2D eigenvalue weighted by Gasteiger charge is -2.17. The predicted molar refractivity (Wildman–Crippen MR) is 114 cm³/mol. The summed E-state index contributed by atoms with van der Waals surface area (Å²) in [6.45, 7) is 2.09. The molecule has 6 heteroatoms. The Kier molecular flexibility index (Phi) is 5.75. The quantitative estimate of drug-likeness (QED) is 0.495. The van der Waals surface area contributed by atoms with E-state index in [1.165, 1.54) is 6.07 Å². The van der Waals surface area contributed by atoms with Gasteiger partial charge < -0.3 is 14.6 Å². The number of carbonyl (C=O) groups is 1. The van der Waals surface area contributed by atoms with Crippen molar-refractivity contribution >= 4 is 16.9 Å². The van der Waals surface area contributed by atoms with Gasteiger partial charge in [-0.05, 0) is 37.3 Å². The number of para-hydroxylation sites is 3. The van der Waals surface area contributed by atoms with Crippen molar-refractivity contribution in [3.05, 3.63) is 96.1 Å². The van der Waals surface area contributed by atoms with E-state index < -0.39 is 0 Å². The third-order valence-corrected chi connectivity index (χ3v) is 4.85. The van der Waals surface area contributed by atoms with Gasteiger partial charge in [-0.2, -0.15) is 0 Å². The number of benzene rings is 3. The molecule has 1 heterocycles. The molecular weight excluding hydrogens is 381 g/mol. The van der Waals surface area contributed by atoms with Gasteiger partial charge in [0, 0.05) is 5.56 Å². The fraction of sp³-hybridized carbons (Fsp3) is 0.167. The highest BCUT2D eigenvalue weighted by Crippen LogP contribution is 2.23. The van der Waals surface area contributed by atoms with Gasteiger partial charge in [0.15, 0.2) is 6.61 Å². The van der Waals surface area contributed by atoms with Gasteiger partial charge in [0.25, 0.3) is 5.91 Å². The van der Waals surface area contributed by atoms with Crippen molar-refractivity contribution in [1.82, 2.24) is 14.9 Å². The maximum atomic E-state index is 14.3. The van der Waals surface area contributed by atoms with Crippen molar-refractivity contribution in [2.24, 2.45) is 0 Å². The molecule has 0 saturated heterocycles. The van der Waals surface area contributed by atoms with Crippen LogP contribution in [-0.2, 0) is 11.3 Å². The first-order valence-electron chi connectivity index (χ1n) is 9.77. The van der Waals surface area contributed by atoms with Crippen LogP contribution in [0, 0.1) is 5.82 Å². The van der Waals surface area contributed by atoms with Crippen molar-refractivity contribution in [3.8, 4) is 5.75 Å². The Morgan fingerprint density at radius 2 is 1.73 bits per heavy atom. The Bertz CT molecular complexity index is 1160. The van der Waals surface area contributed by atoms with Crippen molar-refractivity contribution in [3.63, 3.8) is 0 Å². The van der Waals surface area contributed by atoms with Crippen molar-refractivity contribution in [2.75, 3.05) is 6.61 Å². The summed E-state index contributed by atoms with van der Waals surface area (Å²) in [5, 5.41) is 2.93. The molecule has 152 valence electrons. The predicted octanol–water partition coefficient (Wildman–Crippen LogP) is 4.48. The number of halogens is 1. The third kappa shape index (κ3) is 4.33. The molecule has 0 fully saturated rings. The number of amides is 1. The number of imidazole rings is 1. The van der Waals surface area contributed by atoms with E-state index in [-0.39, 0.29) is 24.4 Å². The van der Waals surface area contributed by atoms with Gasteiger partial charge in [-0.3, -0.25) is 4.79 Å². The van der Waals surface area contributed by atoms with Crippen LogP contribution in [0.2, 0.25) is 0 Å². The van der Waals surface area contributed by atoms with Crippen LogP contribution >= 0.6 is 0 Å². The van der Waals surface area contributed by atoms with E-state index in [0.717, 1.165) is 11.0 Å². The summed E-state index contributed by atoms with van der Waals surface area (Å²) < 4.78 is 21.7. The van der Waals surface area contributed by atoms with Crippen LogP contribution in [-0.4, -0.2) is 22.1 Å². The number of ether oxygens (including phenoxy) is 1. The zero-order valence-corrected chi connectivity index (χ0v) is 16.6. The number of aromatic nitrogens is 2. The molecule has 0 aliphatic heterocycles. The maximum Gasteiger partial charge on any atom is 0.258 e. The Morgan fingerprint density at radius 3 is 2.53 bits per heavy atom. The first-order valence-corrected chi connectivity index (χ1v) is 9.77. The fourth-order valence-corrected chi connectivity index (χ4v) is 3.40. The first-order chi connectivity index (χ1) is 14.6. The van der Waals surface area contributed by atoms with Gasteiger partial charge in [-0.15, -0.1) is 0 Å². The standard InChI is InChI=1S/C24H22FN3O2/c1-17(26-23(29)16-30-19-10-3-2-4-11-19)24-27-21-13-7-8-14-22(21)28(24)15-18-9-5-6-12-20(18)25/h2-14,17H,15-16H2,1H3,(H,26,29)/t17-/m1/s1. The molecule has 30 heavy (non-hydrogen) atoms. The van der Waals surface area contributed by atoms with Crippen LogP contribution in [0.25, 0.3) is 11.0 Å². The van der Waals surface area contributed by atoms with E-state index in [1.54, 1.807) is 24.3 Å². The highest BCUT2D eigenvalue weighted by molar-refractivity contribution is 5.79. The second-order valence-electron chi connectivity index (χ2n) is 7.03. The topological polar surface area (TPSA) is 56.1 Å². The number of carbonyl (C=O) groups excluding carboxylic acids is 1. The number of fused-ring (bicyclic) bond motifs is 1. The number of rotatable bonds is 7. The van der Waals surface area contributed by atoms with Crippen LogP contribution in [0.3, 0.4) is 0 Å². The molecule has 3 aromatic carbocycles. The minimum Gasteiger partial charge on any atom is -0.484 e. The SMILES string of the molecule is C[C@@H](NC(=O)COc1ccccc1)c1nc2ccccc2n1Cc1ccccc1F. The van der Waals surface area contributed by atoms with E-state index in [9.17, 15) is 9.18 Å². The van der Waals surface area contributed by atoms with Gasteiger partial charge in [-0.1, -0.05) is 48.5 Å². The summed E-state index contributed by atoms with van der Waals surface area (Å²) in [6, 6.07) is 23.1. The van der Waals surface area contributed by atoms with E-state index in [0.29, 0.717) is 23.7 Å². The molecule has 0 bridgehead atoms. The molecule has 0 aliphatic carbocycles. The van der Waals surface area contributed by atoms with Gasteiger partial charge in [0.2, 0.25) is 0 Å². The molecule has 0 radical (unpaired) electrons. The Labute approximate surface area is 174 Å². The van der Waals surface area contributed by atoms with Crippen LogP contribution in [0.4, 0.5) is 4.39 Å². The second kappa shape index (κ2) is 8.78. The second-order valence-corrected chi connectivity index (χ2v) is 7.03. The summed E-state index contributed by atoms with van der Waals surface area (Å²) in [7, 11) is 0. The molecule has 1 aromatic heterocycles. The van der Waals surface area contributed by atoms with E-state index >= 15 is 0 Å². The average Bonchev–Trinajstić information content (AvgIpc) is 3.13. The maximum absolute atomic E-state index is 14.3. The average molecular weight is 403 g/mol. The molecule has 1 atom stereocenters. The monoisotopic (exact) mass is 403 g/mol. The number of hydrogen-bond donors (Lipinski definition) is 1. The van der Waals surface area contributed by atoms with Crippen LogP contribution in [0.5, 0.6) is 5.75 Å². The molecule has 1 N–H and O–H groups in total. The zero-order valence-electron chi connectivity index (χ0n) is 16.6. The molecule has 0 aliphatic rings. The summed E-state index contributed by atoms with van der Waals surface area (Å²) >= 11 is 0. The number of nitrogens with one attached hydrogen (secondary N) is 1. The third-order valence-electron chi connectivity index (χ3n) is 4.85. The molecule has 1 amide bonds. The highest BCUT2D eigenvalue weighted by Gasteiger charge is 2.19. The normalized spacial score (nSPS) is 11.9. The molecule has 4 rings (SSSR count). The highest BCUT2D eigenvalue weighted by atomic mass is 19.1. The molecule has 5 nitrogen and oxygen atoms in total. The summed E-state index contributed by atoms with van der Waals surface area (Å²) in [5.41, 5.74) is 2.25. The lowest BCUT2D eigenvalue weighted by molar-refractivity contribution is -0.123. The van der Waals surface area contributed by atoms with Gasteiger partial charge >= 0.3 is 0 Å². The number of hydrogen-bond acceptors (Lipinski definition) is 3. The molecule has 0 unspecified atom stereocenters. The largest absolute Gasteiger partial charge is 0.484 e. The zero-order chi connectivity index (χ0) is 20.9. The Balaban J connectivity index is 1.55. The minimum absolute atomic E-state index is 0.0953. The summed E-state index contributed by atoms with van der Waals surface area (Å²) in [6.07, 6.45) is 0. The van der Waals surface area contributed by atoms with Crippen LogP contribution < -0.4 is 10.1 Å². The fourth-order valence-electron chi connectivity index (χ4n) is 3.40. The van der Waals surface area contributed by atoms with Gasteiger partial charge in [0.1, 0.15) is 17.4 Å². The smallest absolute Gasteiger partial charge is 0.258 e. The van der Waals surface area contributed by atoms with E-state index in [4.69, 9.17) is 9.72 Å². The lowest BCUT2D eigenvalue weighted by atomic mass is 10.2. The van der Waals surface area contributed by atoms with Gasteiger partial charge in [-0.25, -0.2) is 9.37 Å². The van der Waals surface area contributed by atoms with Gasteiger partial charge in [0.05, 0.1) is 23.6 Å². The van der Waals surface area contributed by atoms with Crippen molar-refractivity contribution in [1.29, 1.82) is 0 Å². The number of nitrogens with zero attached hydrogens (tertiary/aromatic N) is 2. The van der Waals surface area contributed by atoms with E-state index in [2.05, 4.69) is 5.32 Å². The minimum atomic E-state index is -0.379. The molecule has 0 spiro atoms.